The zero-order chi connectivity index (χ0) is 17.1. The molecule has 3 heterocycles. The first-order valence-corrected chi connectivity index (χ1v) is 8.32. The summed E-state index contributed by atoms with van der Waals surface area (Å²) < 4.78 is 0. The molecule has 2 aromatic heterocycles. The molecule has 1 fully saturated rings. The molecule has 1 saturated heterocycles. The Morgan fingerprint density at radius 2 is 1.88 bits per heavy atom. The standard InChI is InChI=1S/C17H25N7/c1-13-7-9-19-17(20-13)24-11-5-6-14(12-24)23(4)15-8-10-18-16(21-15)22(2)3/h7-10,14H,5-6,11-12H2,1-4H3. The number of aromatic nitrogens is 4. The quantitative estimate of drug-likeness (QED) is 0.847. The van der Waals surface area contributed by atoms with Crippen LogP contribution in [-0.4, -0.2) is 60.2 Å². The zero-order valence-corrected chi connectivity index (χ0v) is 14.8. The van der Waals surface area contributed by atoms with E-state index in [2.05, 4.69) is 36.8 Å². The highest BCUT2D eigenvalue weighted by Crippen LogP contribution is 2.23. The molecular formula is C17H25N7. The van der Waals surface area contributed by atoms with Crippen molar-refractivity contribution >= 4 is 17.7 Å². The van der Waals surface area contributed by atoms with E-state index in [1.54, 1.807) is 0 Å². The fourth-order valence-electron chi connectivity index (χ4n) is 2.98. The van der Waals surface area contributed by atoms with Gasteiger partial charge in [0.05, 0.1) is 0 Å². The van der Waals surface area contributed by atoms with E-state index in [0.717, 1.165) is 49.3 Å². The second-order valence-electron chi connectivity index (χ2n) is 6.46. The van der Waals surface area contributed by atoms with E-state index in [9.17, 15) is 0 Å². The van der Waals surface area contributed by atoms with Gasteiger partial charge in [0, 0.05) is 58.4 Å². The summed E-state index contributed by atoms with van der Waals surface area (Å²) in [5, 5.41) is 0. The number of hydrogen-bond donors (Lipinski definition) is 0. The second kappa shape index (κ2) is 6.98. The smallest absolute Gasteiger partial charge is 0.226 e. The van der Waals surface area contributed by atoms with Crippen LogP contribution >= 0.6 is 0 Å². The molecule has 128 valence electrons. The van der Waals surface area contributed by atoms with E-state index in [1.165, 1.54) is 0 Å². The van der Waals surface area contributed by atoms with Crippen LogP contribution in [-0.2, 0) is 0 Å². The maximum absolute atomic E-state index is 4.65. The van der Waals surface area contributed by atoms with Gasteiger partial charge >= 0.3 is 0 Å². The Kier molecular flexibility index (Phi) is 4.78. The summed E-state index contributed by atoms with van der Waals surface area (Å²) in [4.78, 5) is 24.4. The lowest BCUT2D eigenvalue weighted by Gasteiger charge is -2.38. The first-order chi connectivity index (χ1) is 11.5. The minimum Gasteiger partial charge on any atom is -0.355 e. The molecule has 0 radical (unpaired) electrons. The van der Waals surface area contributed by atoms with Crippen molar-refractivity contribution in [2.24, 2.45) is 0 Å². The first-order valence-electron chi connectivity index (χ1n) is 8.32. The van der Waals surface area contributed by atoms with Crippen molar-refractivity contribution in [2.75, 3.05) is 48.9 Å². The first kappa shape index (κ1) is 16.4. The average molecular weight is 327 g/mol. The molecule has 0 N–H and O–H groups in total. The predicted octanol–water partition coefficient (Wildman–Crippen LogP) is 1.75. The predicted molar refractivity (Wildman–Crippen MR) is 96.8 cm³/mol. The van der Waals surface area contributed by atoms with Crippen molar-refractivity contribution in [3.63, 3.8) is 0 Å². The Hall–Kier alpha value is -2.44. The van der Waals surface area contributed by atoms with E-state index in [0.29, 0.717) is 6.04 Å². The minimum absolute atomic E-state index is 0.382. The summed E-state index contributed by atoms with van der Waals surface area (Å²) in [6.07, 6.45) is 5.91. The van der Waals surface area contributed by atoms with Gasteiger partial charge < -0.3 is 14.7 Å². The third kappa shape index (κ3) is 3.55. The van der Waals surface area contributed by atoms with Gasteiger partial charge in [0.2, 0.25) is 11.9 Å². The van der Waals surface area contributed by atoms with Gasteiger partial charge in [-0.3, -0.25) is 0 Å². The molecule has 24 heavy (non-hydrogen) atoms. The molecule has 1 atom stereocenters. The van der Waals surface area contributed by atoms with Crippen LogP contribution < -0.4 is 14.7 Å². The molecule has 1 aliphatic rings. The van der Waals surface area contributed by atoms with Gasteiger partial charge in [0.25, 0.3) is 0 Å². The molecule has 1 aliphatic heterocycles. The Labute approximate surface area is 143 Å². The van der Waals surface area contributed by atoms with Crippen LogP contribution in [0.25, 0.3) is 0 Å². The Bertz CT molecular complexity index is 688. The number of nitrogens with zero attached hydrogens (tertiary/aromatic N) is 7. The van der Waals surface area contributed by atoms with Gasteiger partial charge in [-0.2, -0.15) is 4.98 Å². The third-order valence-corrected chi connectivity index (χ3v) is 4.40. The van der Waals surface area contributed by atoms with Crippen LogP contribution in [0.5, 0.6) is 0 Å². The zero-order valence-electron chi connectivity index (χ0n) is 14.8. The lowest BCUT2D eigenvalue weighted by atomic mass is 10.0. The van der Waals surface area contributed by atoms with Gasteiger partial charge in [0.15, 0.2) is 0 Å². The SMILES string of the molecule is Cc1ccnc(N2CCCC(N(C)c3ccnc(N(C)C)n3)C2)n1. The molecule has 0 saturated carbocycles. The van der Waals surface area contributed by atoms with E-state index in [1.807, 2.05) is 50.4 Å². The van der Waals surface area contributed by atoms with Crippen molar-refractivity contribution < 1.29 is 0 Å². The number of rotatable bonds is 4. The van der Waals surface area contributed by atoms with Crippen LogP contribution in [0.3, 0.4) is 0 Å². The molecule has 0 spiro atoms. The lowest BCUT2D eigenvalue weighted by molar-refractivity contribution is 0.480. The van der Waals surface area contributed by atoms with Crippen molar-refractivity contribution in [1.29, 1.82) is 0 Å². The maximum Gasteiger partial charge on any atom is 0.226 e. The highest BCUT2D eigenvalue weighted by molar-refractivity contribution is 5.44. The summed E-state index contributed by atoms with van der Waals surface area (Å²) >= 11 is 0. The largest absolute Gasteiger partial charge is 0.355 e. The van der Waals surface area contributed by atoms with Gasteiger partial charge in [-0.1, -0.05) is 0 Å². The van der Waals surface area contributed by atoms with Crippen LogP contribution in [0.4, 0.5) is 17.7 Å². The summed E-state index contributed by atoms with van der Waals surface area (Å²) in [6.45, 7) is 3.91. The molecule has 1 unspecified atom stereocenters. The number of piperidine rings is 1. The number of hydrogen-bond acceptors (Lipinski definition) is 7. The van der Waals surface area contributed by atoms with Crippen LogP contribution in [0.15, 0.2) is 24.5 Å². The fraction of sp³-hybridized carbons (Fsp3) is 0.529. The van der Waals surface area contributed by atoms with Crippen LogP contribution in [0.1, 0.15) is 18.5 Å². The molecule has 0 bridgehead atoms. The van der Waals surface area contributed by atoms with Crippen LogP contribution in [0.2, 0.25) is 0 Å². The molecule has 0 aliphatic carbocycles. The Morgan fingerprint density at radius 3 is 2.62 bits per heavy atom. The minimum atomic E-state index is 0.382. The molecular weight excluding hydrogens is 302 g/mol. The number of anilines is 3. The van der Waals surface area contributed by atoms with Crippen molar-refractivity contribution in [1.82, 2.24) is 19.9 Å². The highest BCUT2D eigenvalue weighted by atomic mass is 15.3. The summed E-state index contributed by atoms with van der Waals surface area (Å²) in [5.74, 6) is 2.50. The van der Waals surface area contributed by atoms with E-state index < -0.39 is 0 Å². The normalized spacial score (nSPS) is 17.7. The van der Waals surface area contributed by atoms with Crippen molar-refractivity contribution in [2.45, 2.75) is 25.8 Å². The number of aryl methyl sites for hydroxylation is 1. The monoisotopic (exact) mass is 327 g/mol. The maximum atomic E-state index is 4.65. The Balaban J connectivity index is 1.75. The summed E-state index contributed by atoms with van der Waals surface area (Å²) in [7, 11) is 6.01. The molecule has 2 aromatic rings. The van der Waals surface area contributed by atoms with Crippen molar-refractivity contribution in [3.8, 4) is 0 Å². The summed E-state index contributed by atoms with van der Waals surface area (Å²) in [6, 6.07) is 4.28. The van der Waals surface area contributed by atoms with E-state index in [-0.39, 0.29) is 0 Å². The molecule has 7 nitrogen and oxygen atoms in total. The molecule has 3 rings (SSSR count). The van der Waals surface area contributed by atoms with Gasteiger partial charge in [-0.05, 0) is 31.9 Å². The topological polar surface area (TPSA) is 61.3 Å². The molecule has 7 heteroatoms. The molecule has 0 aromatic carbocycles. The summed E-state index contributed by atoms with van der Waals surface area (Å²) in [5.41, 5.74) is 1.00. The lowest BCUT2D eigenvalue weighted by Crippen LogP contribution is -2.47. The Morgan fingerprint density at radius 1 is 1.08 bits per heavy atom. The van der Waals surface area contributed by atoms with Gasteiger partial charge in [-0.25, -0.2) is 15.0 Å². The van der Waals surface area contributed by atoms with Crippen molar-refractivity contribution in [3.05, 3.63) is 30.2 Å². The van der Waals surface area contributed by atoms with Gasteiger partial charge in [-0.15, -0.1) is 0 Å². The molecule has 0 amide bonds. The van der Waals surface area contributed by atoms with Gasteiger partial charge in [0.1, 0.15) is 5.82 Å². The number of likely N-dealkylation sites (N-methyl/N-ethyl adjacent to an activating group) is 1. The fourth-order valence-corrected chi connectivity index (χ4v) is 2.98. The van der Waals surface area contributed by atoms with E-state index >= 15 is 0 Å². The average Bonchev–Trinajstić information content (AvgIpc) is 2.61. The van der Waals surface area contributed by atoms with Crippen LogP contribution in [0, 0.1) is 6.92 Å². The second-order valence-corrected chi connectivity index (χ2v) is 6.46. The van der Waals surface area contributed by atoms with E-state index in [4.69, 9.17) is 0 Å². The highest BCUT2D eigenvalue weighted by Gasteiger charge is 2.25. The third-order valence-electron chi connectivity index (χ3n) is 4.40.